The van der Waals surface area contributed by atoms with Crippen molar-refractivity contribution in [3.63, 3.8) is 0 Å². The molecular formula is C18H15NO6. The van der Waals surface area contributed by atoms with E-state index >= 15 is 0 Å². The Morgan fingerprint density at radius 1 is 1.12 bits per heavy atom. The molecule has 2 aromatic carbocycles. The van der Waals surface area contributed by atoms with Crippen molar-refractivity contribution >= 4 is 22.6 Å². The van der Waals surface area contributed by atoms with E-state index in [9.17, 15) is 14.9 Å². The van der Waals surface area contributed by atoms with Gasteiger partial charge < -0.3 is 13.9 Å². The van der Waals surface area contributed by atoms with Crippen LogP contribution in [0.15, 0.2) is 52.9 Å². The number of hydrogen-bond donors (Lipinski definition) is 0. The number of methoxy groups -OCH3 is 1. The van der Waals surface area contributed by atoms with Crippen LogP contribution in [0.5, 0.6) is 0 Å². The number of carbonyl (C=O) groups is 1. The van der Waals surface area contributed by atoms with E-state index in [1.54, 1.807) is 30.3 Å². The van der Waals surface area contributed by atoms with Crippen LogP contribution in [0.25, 0.3) is 11.0 Å². The molecule has 128 valence electrons. The minimum Gasteiger partial charge on any atom is -0.455 e. The second kappa shape index (κ2) is 7.14. The lowest BCUT2D eigenvalue weighted by Crippen LogP contribution is -2.08. The first-order chi connectivity index (χ1) is 12.1. The Balaban J connectivity index is 1.86. The molecule has 1 heterocycles. The van der Waals surface area contributed by atoms with Crippen molar-refractivity contribution < 1.29 is 23.6 Å². The molecule has 3 rings (SSSR count). The maximum absolute atomic E-state index is 12.4. The first kappa shape index (κ1) is 16.7. The van der Waals surface area contributed by atoms with E-state index in [0.29, 0.717) is 16.7 Å². The van der Waals surface area contributed by atoms with Crippen LogP contribution in [0, 0.1) is 10.1 Å². The molecule has 0 unspecified atom stereocenters. The molecular weight excluding hydrogens is 326 g/mol. The molecule has 0 aliphatic rings. The van der Waals surface area contributed by atoms with Crippen molar-refractivity contribution in [1.82, 2.24) is 0 Å². The number of rotatable bonds is 6. The largest absolute Gasteiger partial charge is 0.455 e. The molecule has 0 saturated heterocycles. The third kappa shape index (κ3) is 3.36. The van der Waals surface area contributed by atoms with Gasteiger partial charge in [-0.25, -0.2) is 4.79 Å². The average molecular weight is 341 g/mol. The zero-order valence-electron chi connectivity index (χ0n) is 13.4. The van der Waals surface area contributed by atoms with Gasteiger partial charge in [0.15, 0.2) is 0 Å². The van der Waals surface area contributed by atoms with Gasteiger partial charge in [0.1, 0.15) is 12.2 Å². The Bertz CT molecular complexity index is 930. The molecule has 0 atom stereocenters. The summed E-state index contributed by atoms with van der Waals surface area (Å²) in [5.74, 6) is -0.650. The smallest absolute Gasteiger partial charge is 0.375 e. The van der Waals surface area contributed by atoms with Crippen LogP contribution >= 0.6 is 0 Å². The first-order valence-electron chi connectivity index (χ1n) is 7.50. The van der Waals surface area contributed by atoms with Gasteiger partial charge in [0, 0.05) is 24.1 Å². The number of hydrogen-bond acceptors (Lipinski definition) is 6. The Morgan fingerprint density at radius 2 is 1.84 bits per heavy atom. The first-order valence-corrected chi connectivity index (χ1v) is 7.50. The van der Waals surface area contributed by atoms with Gasteiger partial charge in [0.2, 0.25) is 5.76 Å². The van der Waals surface area contributed by atoms with E-state index in [1.165, 1.54) is 13.2 Å². The van der Waals surface area contributed by atoms with E-state index < -0.39 is 10.9 Å². The standard InChI is InChI=1S/C18H15NO6/c1-23-11-14-13-7-3-5-9-16(13)25-17(14)18(20)24-10-12-6-2-4-8-15(12)19(21)22/h2-9H,10-11H2,1H3. The molecule has 25 heavy (non-hydrogen) atoms. The average Bonchev–Trinajstić information content (AvgIpc) is 2.99. The Hall–Kier alpha value is -3.19. The van der Waals surface area contributed by atoms with Crippen LogP contribution in [0.1, 0.15) is 21.7 Å². The fourth-order valence-corrected chi connectivity index (χ4v) is 2.57. The van der Waals surface area contributed by atoms with Gasteiger partial charge >= 0.3 is 5.97 Å². The second-order valence-corrected chi connectivity index (χ2v) is 5.30. The van der Waals surface area contributed by atoms with Crippen molar-refractivity contribution in [3.8, 4) is 0 Å². The van der Waals surface area contributed by atoms with Crippen molar-refractivity contribution in [1.29, 1.82) is 0 Å². The van der Waals surface area contributed by atoms with Gasteiger partial charge in [0.05, 0.1) is 17.1 Å². The summed E-state index contributed by atoms with van der Waals surface area (Å²) in [5.41, 5.74) is 1.35. The summed E-state index contributed by atoms with van der Waals surface area (Å²) in [6.07, 6.45) is 0. The fraction of sp³-hybridized carbons (Fsp3) is 0.167. The highest BCUT2D eigenvalue weighted by molar-refractivity contribution is 5.96. The predicted octanol–water partition coefficient (Wildman–Crippen LogP) is 3.84. The Morgan fingerprint density at radius 3 is 2.60 bits per heavy atom. The van der Waals surface area contributed by atoms with Gasteiger partial charge in [-0.15, -0.1) is 0 Å². The van der Waals surface area contributed by atoms with E-state index in [4.69, 9.17) is 13.9 Å². The van der Waals surface area contributed by atoms with Crippen molar-refractivity contribution in [2.45, 2.75) is 13.2 Å². The summed E-state index contributed by atoms with van der Waals surface area (Å²) in [5, 5.41) is 11.8. The number of esters is 1. The van der Waals surface area contributed by atoms with E-state index in [-0.39, 0.29) is 24.7 Å². The molecule has 0 aliphatic carbocycles. The summed E-state index contributed by atoms with van der Waals surface area (Å²) in [6, 6.07) is 13.3. The maximum Gasteiger partial charge on any atom is 0.375 e. The fourth-order valence-electron chi connectivity index (χ4n) is 2.57. The van der Waals surface area contributed by atoms with Crippen LogP contribution < -0.4 is 0 Å². The highest BCUT2D eigenvalue weighted by Crippen LogP contribution is 2.28. The lowest BCUT2D eigenvalue weighted by atomic mass is 10.1. The van der Waals surface area contributed by atoms with E-state index in [1.807, 2.05) is 12.1 Å². The highest BCUT2D eigenvalue weighted by Gasteiger charge is 2.23. The quantitative estimate of drug-likeness (QED) is 0.384. The van der Waals surface area contributed by atoms with Crippen LogP contribution in [0.4, 0.5) is 5.69 Å². The zero-order valence-corrected chi connectivity index (χ0v) is 13.4. The number of para-hydroxylation sites is 2. The number of nitro groups is 1. The lowest BCUT2D eigenvalue weighted by Gasteiger charge is -2.05. The number of nitro benzene ring substituents is 1. The molecule has 0 saturated carbocycles. The molecule has 1 aromatic heterocycles. The Labute approximate surface area is 142 Å². The minimum atomic E-state index is -0.693. The molecule has 0 spiro atoms. The second-order valence-electron chi connectivity index (χ2n) is 5.30. The number of nitrogens with zero attached hydrogens (tertiary/aromatic N) is 1. The number of benzene rings is 2. The van der Waals surface area contributed by atoms with Crippen LogP contribution in [0.2, 0.25) is 0 Å². The minimum absolute atomic E-state index is 0.0432. The van der Waals surface area contributed by atoms with Crippen molar-refractivity contribution in [3.05, 3.63) is 75.5 Å². The summed E-state index contributed by atoms with van der Waals surface area (Å²) in [7, 11) is 1.52. The summed E-state index contributed by atoms with van der Waals surface area (Å²) in [4.78, 5) is 22.9. The molecule has 0 amide bonds. The third-order valence-electron chi connectivity index (χ3n) is 3.72. The molecule has 0 radical (unpaired) electrons. The monoisotopic (exact) mass is 341 g/mol. The summed E-state index contributed by atoms with van der Waals surface area (Å²) < 4.78 is 16.0. The normalized spacial score (nSPS) is 10.8. The molecule has 0 N–H and O–H groups in total. The van der Waals surface area contributed by atoms with E-state index in [2.05, 4.69) is 0 Å². The van der Waals surface area contributed by atoms with Crippen LogP contribution in [-0.2, 0) is 22.7 Å². The molecule has 0 bridgehead atoms. The molecule has 7 heteroatoms. The number of carbonyl (C=O) groups excluding carboxylic acids is 1. The third-order valence-corrected chi connectivity index (χ3v) is 3.72. The summed E-state index contributed by atoms with van der Waals surface area (Å²) in [6.45, 7) is -0.0353. The van der Waals surface area contributed by atoms with Gasteiger partial charge in [-0.2, -0.15) is 0 Å². The van der Waals surface area contributed by atoms with Gasteiger partial charge in [0.25, 0.3) is 5.69 Å². The molecule has 0 fully saturated rings. The summed E-state index contributed by atoms with van der Waals surface area (Å²) >= 11 is 0. The predicted molar refractivity (Wildman–Crippen MR) is 89.1 cm³/mol. The molecule has 7 nitrogen and oxygen atoms in total. The number of furan rings is 1. The lowest BCUT2D eigenvalue weighted by molar-refractivity contribution is -0.385. The SMILES string of the molecule is COCc1c(C(=O)OCc2ccccc2[N+](=O)[O-])oc2ccccc12. The Kier molecular flexibility index (Phi) is 4.76. The number of ether oxygens (including phenoxy) is 2. The van der Waals surface area contributed by atoms with E-state index in [0.717, 1.165) is 5.39 Å². The maximum atomic E-state index is 12.4. The van der Waals surface area contributed by atoms with Crippen molar-refractivity contribution in [2.24, 2.45) is 0 Å². The molecule has 0 aliphatic heterocycles. The van der Waals surface area contributed by atoms with Gasteiger partial charge in [-0.1, -0.05) is 30.3 Å². The van der Waals surface area contributed by atoms with Gasteiger partial charge in [-0.3, -0.25) is 10.1 Å². The van der Waals surface area contributed by atoms with Crippen LogP contribution in [-0.4, -0.2) is 18.0 Å². The topological polar surface area (TPSA) is 91.8 Å². The van der Waals surface area contributed by atoms with Crippen molar-refractivity contribution in [2.75, 3.05) is 7.11 Å². The van der Waals surface area contributed by atoms with Crippen LogP contribution in [0.3, 0.4) is 0 Å². The zero-order chi connectivity index (χ0) is 17.8. The van der Waals surface area contributed by atoms with Gasteiger partial charge in [-0.05, 0) is 12.1 Å². The molecule has 3 aromatic rings. The number of fused-ring (bicyclic) bond motifs is 1. The highest BCUT2D eigenvalue weighted by atomic mass is 16.6.